The number of nitrogens with one attached hydrogen (secondary N) is 1. The summed E-state index contributed by atoms with van der Waals surface area (Å²) >= 11 is 3.35. The topological polar surface area (TPSA) is 61.6 Å². The molecule has 1 aliphatic rings. The lowest BCUT2D eigenvalue weighted by molar-refractivity contribution is 0.444. The fourth-order valence-corrected chi connectivity index (χ4v) is 5.82. The van der Waals surface area contributed by atoms with Gasteiger partial charge >= 0.3 is 0 Å². The molecule has 0 radical (unpaired) electrons. The largest absolute Gasteiger partial charge is 0.324 e. The zero-order valence-corrected chi connectivity index (χ0v) is 17.4. The van der Waals surface area contributed by atoms with E-state index in [1.807, 2.05) is 42.7 Å². The van der Waals surface area contributed by atoms with E-state index in [-0.39, 0.29) is 0 Å². The summed E-state index contributed by atoms with van der Waals surface area (Å²) in [6.45, 7) is 0. The zero-order valence-electron chi connectivity index (χ0n) is 15.8. The first kappa shape index (κ1) is 19.0. The monoisotopic (exact) mass is 406 g/mol. The van der Waals surface area contributed by atoms with Crippen LogP contribution in [0.5, 0.6) is 0 Å². The van der Waals surface area contributed by atoms with E-state index >= 15 is 0 Å². The Morgan fingerprint density at radius 3 is 2.64 bits per heavy atom. The number of hydrogen-bond donors (Lipinski definition) is 1. The molecule has 0 bridgehead atoms. The van der Waals surface area contributed by atoms with E-state index in [1.165, 1.54) is 24.8 Å². The molecule has 2 aromatic heterocycles. The average molecular weight is 407 g/mol. The summed E-state index contributed by atoms with van der Waals surface area (Å²) in [4.78, 5) is 10.3. The van der Waals surface area contributed by atoms with Gasteiger partial charge in [0.1, 0.15) is 6.07 Å². The van der Waals surface area contributed by atoms with Gasteiger partial charge in [0.15, 0.2) is 0 Å². The molecule has 1 aromatic carbocycles. The molecule has 0 saturated heterocycles. The normalized spacial score (nSPS) is 14.6. The Kier molecular flexibility index (Phi) is 5.94. The maximum absolute atomic E-state index is 9.87. The quantitative estimate of drug-likeness (QED) is 0.484. The number of benzene rings is 1. The first-order valence-corrected chi connectivity index (χ1v) is 11.6. The third-order valence-electron chi connectivity index (χ3n) is 5.14. The minimum Gasteiger partial charge on any atom is -0.324 e. The number of rotatable bonds is 5. The van der Waals surface area contributed by atoms with Gasteiger partial charge in [-0.25, -0.2) is 9.97 Å². The fraction of sp³-hybridized carbons (Fsp3) is 0.318. The highest BCUT2D eigenvalue weighted by Crippen LogP contribution is 2.47. The molecule has 1 saturated carbocycles. The van der Waals surface area contributed by atoms with Crippen LogP contribution in [0.15, 0.2) is 46.8 Å². The van der Waals surface area contributed by atoms with Gasteiger partial charge < -0.3 is 5.32 Å². The molecule has 28 heavy (non-hydrogen) atoms. The van der Waals surface area contributed by atoms with Crippen LogP contribution in [-0.2, 0) is 0 Å². The van der Waals surface area contributed by atoms with Gasteiger partial charge in [-0.2, -0.15) is 5.26 Å². The molecule has 4 rings (SSSR count). The average Bonchev–Trinajstić information content (AvgIpc) is 3.14. The number of aromatic nitrogens is 2. The van der Waals surface area contributed by atoms with Crippen molar-refractivity contribution in [3.05, 3.63) is 53.7 Å². The second-order valence-electron chi connectivity index (χ2n) is 6.91. The van der Waals surface area contributed by atoms with Crippen molar-refractivity contribution < 1.29 is 0 Å². The second-order valence-corrected chi connectivity index (χ2v) is 9.01. The van der Waals surface area contributed by atoms with Gasteiger partial charge in [0.2, 0.25) is 5.95 Å². The highest BCUT2D eigenvalue weighted by Gasteiger charge is 2.27. The predicted molar refractivity (Wildman–Crippen MR) is 117 cm³/mol. The van der Waals surface area contributed by atoms with Crippen LogP contribution in [0.2, 0.25) is 0 Å². The maximum atomic E-state index is 9.87. The molecule has 0 unspecified atom stereocenters. The summed E-state index contributed by atoms with van der Waals surface area (Å²) in [6.07, 6.45) is 9.94. The minimum absolute atomic E-state index is 0.455. The van der Waals surface area contributed by atoms with E-state index in [2.05, 4.69) is 16.4 Å². The molecular weight excluding hydrogens is 384 g/mol. The van der Waals surface area contributed by atoms with Crippen LogP contribution in [-0.4, -0.2) is 16.2 Å². The van der Waals surface area contributed by atoms with Crippen LogP contribution in [0.1, 0.15) is 49.1 Å². The van der Waals surface area contributed by atoms with E-state index in [0.29, 0.717) is 11.9 Å². The van der Waals surface area contributed by atoms with Crippen LogP contribution in [0.3, 0.4) is 0 Å². The molecule has 6 heteroatoms. The van der Waals surface area contributed by atoms with Gasteiger partial charge in [-0.15, -0.1) is 23.1 Å². The molecule has 1 fully saturated rings. The standard InChI is InChI=1S/C22H22N4S2/c1-27-21-17(14-23)19(15-8-4-2-5-9-15)20(28-21)18-12-13-24-22(26-18)25-16-10-6-3-7-11-16/h3,6-7,10-13,15H,2,4-5,8-9H2,1H3,(H,24,25,26). The smallest absolute Gasteiger partial charge is 0.227 e. The van der Waals surface area contributed by atoms with Crippen LogP contribution in [0.25, 0.3) is 10.6 Å². The van der Waals surface area contributed by atoms with E-state index in [9.17, 15) is 5.26 Å². The fourth-order valence-electron chi connectivity index (χ4n) is 3.84. The van der Waals surface area contributed by atoms with Crippen LogP contribution >= 0.6 is 23.1 Å². The van der Waals surface area contributed by atoms with Crippen molar-refractivity contribution in [1.29, 1.82) is 5.26 Å². The van der Waals surface area contributed by atoms with Crippen molar-refractivity contribution in [3.63, 3.8) is 0 Å². The summed E-state index contributed by atoms with van der Waals surface area (Å²) in [7, 11) is 0. The van der Waals surface area contributed by atoms with Crippen molar-refractivity contribution >= 4 is 34.7 Å². The molecule has 4 nitrogen and oxygen atoms in total. The molecule has 0 spiro atoms. The Morgan fingerprint density at radius 1 is 1.14 bits per heavy atom. The Balaban J connectivity index is 1.75. The minimum atomic E-state index is 0.455. The van der Waals surface area contributed by atoms with E-state index in [1.54, 1.807) is 29.3 Å². The van der Waals surface area contributed by atoms with E-state index in [4.69, 9.17) is 4.98 Å². The molecule has 1 N–H and O–H groups in total. The maximum Gasteiger partial charge on any atom is 0.227 e. The molecule has 0 atom stereocenters. The van der Waals surface area contributed by atoms with Crippen molar-refractivity contribution in [3.8, 4) is 16.6 Å². The van der Waals surface area contributed by atoms with Crippen LogP contribution in [0.4, 0.5) is 11.6 Å². The predicted octanol–water partition coefficient (Wildman–Crippen LogP) is 6.59. The van der Waals surface area contributed by atoms with Crippen molar-refractivity contribution in [2.45, 2.75) is 42.2 Å². The highest BCUT2D eigenvalue weighted by atomic mass is 32.2. The summed E-state index contributed by atoms with van der Waals surface area (Å²) in [5.74, 6) is 1.03. The Morgan fingerprint density at radius 2 is 1.93 bits per heavy atom. The second kappa shape index (κ2) is 8.76. The van der Waals surface area contributed by atoms with Gasteiger partial charge in [-0.1, -0.05) is 37.5 Å². The number of anilines is 2. The van der Waals surface area contributed by atoms with Crippen molar-refractivity contribution in [2.24, 2.45) is 0 Å². The third-order valence-corrected chi connectivity index (χ3v) is 7.49. The molecule has 3 aromatic rings. The first-order chi connectivity index (χ1) is 13.8. The number of thiophene rings is 1. The molecule has 142 valence electrons. The molecule has 1 aliphatic carbocycles. The molecule has 0 amide bonds. The summed E-state index contributed by atoms with van der Waals surface area (Å²) in [5.41, 5.74) is 3.92. The number of thioether (sulfide) groups is 1. The lowest BCUT2D eigenvalue weighted by Gasteiger charge is -2.22. The Hall–Kier alpha value is -2.36. The lowest BCUT2D eigenvalue weighted by atomic mass is 9.82. The van der Waals surface area contributed by atoms with Crippen LogP contribution in [0, 0.1) is 11.3 Å². The summed E-state index contributed by atoms with van der Waals surface area (Å²) in [6, 6.07) is 14.4. The zero-order chi connectivity index (χ0) is 19.3. The van der Waals surface area contributed by atoms with Gasteiger partial charge in [0.05, 0.1) is 20.3 Å². The lowest BCUT2D eigenvalue weighted by Crippen LogP contribution is -2.07. The highest BCUT2D eigenvalue weighted by molar-refractivity contribution is 8.00. The molecule has 2 heterocycles. The van der Waals surface area contributed by atoms with E-state index in [0.717, 1.165) is 38.9 Å². The van der Waals surface area contributed by atoms with Gasteiger partial charge in [0.25, 0.3) is 0 Å². The molecule has 0 aliphatic heterocycles. The van der Waals surface area contributed by atoms with Crippen molar-refractivity contribution in [2.75, 3.05) is 11.6 Å². The van der Waals surface area contributed by atoms with E-state index < -0.39 is 0 Å². The Bertz CT molecular complexity index is 986. The first-order valence-electron chi connectivity index (χ1n) is 9.56. The van der Waals surface area contributed by atoms with Crippen molar-refractivity contribution in [1.82, 2.24) is 9.97 Å². The third kappa shape index (κ3) is 3.91. The van der Waals surface area contributed by atoms with Gasteiger partial charge in [-0.3, -0.25) is 0 Å². The van der Waals surface area contributed by atoms with Gasteiger partial charge in [-0.05, 0) is 48.8 Å². The van der Waals surface area contributed by atoms with Gasteiger partial charge in [0, 0.05) is 11.9 Å². The van der Waals surface area contributed by atoms with Crippen LogP contribution < -0.4 is 5.32 Å². The Labute approximate surface area is 174 Å². The number of hydrogen-bond acceptors (Lipinski definition) is 6. The summed E-state index contributed by atoms with van der Waals surface area (Å²) in [5, 5.41) is 13.1. The number of nitrogens with zero attached hydrogens (tertiary/aromatic N) is 3. The SMILES string of the molecule is CSc1sc(-c2ccnc(Nc3ccccc3)n2)c(C2CCCCC2)c1C#N. The number of nitriles is 1. The number of para-hydroxylation sites is 1. The summed E-state index contributed by atoms with van der Waals surface area (Å²) < 4.78 is 1.09. The molecular formula is C22H22N4S2.